The van der Waals surface area contributed by atoms with Crippen LogP contribution in [0.2, 0.25) is 5.02 Å². The molecule has 0 spiro atoms. The van der Waals surface area contributed by atoms with Crippen molar-refractivity contribution >= 4 is 28.8 Å². The summed E-state index contributed by atoms with van der Waals surface area (Å²) in [6.07, 6.45) is 3.96. The summed E-state index contributed by atoms with van der Waals surface area (Å²) in [7, 11) is 0. The van der Waals surface area contributed by atoms with Gasteiger partial charge in [0, 0.05) is 56.2 Å². The number of amides is 1. The predicted octanol–water partition coefficient (Wildman–Crippen LogP) is 2.85. The van der Waals surface area contributed by atoms with Gasteiger partial charge < -0.3 is 9.30 Å². The average molecular weight is 400 g/mol. The highest BCUT2D eigenvalue weighted by atomic mass is 35.5. The number of carbonyl (C=O) groups excluding carboxylic acids is 1. The molecule has 0 atom stereocenters. The van der Waals surface area contributed by atoms with Crippen LogP contribution < -0.4 is 0 Å². The summed E-state index contributed by atoms with van der Waals surface area (Å²) >= 11 is 5.83. The molecule has 1 amide bonds. The Bertz CT molecular complexity index is 1010. The number of benzene rings is 1. The lowest BCUT2D eigenvalue weighted by Crippen LogP contribution is -2.48. The minimum Gasteiger partial charge on any atom is -0.336 e. The van der Waals surface area contributed by atoms with E-state index in [0.29, 0.717) is 32.7 Å². The summed E-state index contributed by atoms with van der Waals surface area (Å²) in [6, 6.07) is 10.0. The van der Waals surface area contributed by atoms with Gasteiger partial charge in [0.1, 0.15) is 11.2 Å². The third-order valence-electron chi connectivity index (χ3n) is 4.85. The third kappa shape index (κ3) is 3.69. The quantitative estimate of drug-likeness (QED) is 0.497. The second-order valence-electron chi connectivity index (χ2n) is 6.69. The Hall–Kier alpha value is -2.97. The molecule has 28 heavy (non-hydrogen) atoms. The van der Waals surface area contributed by atoms with Crippen molar-refractivity contribution in [2.24, 2.45) is 0 Å². The lowest BCUT2D eigenvalue weighted by atomic mass is 10.1. The molecule has 8 nitrogen and oxygen atoms in total. The summed E-state index contributed by atoms with van der Waals surface area (Å²) in [5, 5.41) is 11.5. The van der Waals surface area contributed by atoms with E-state index in [1.54, 1.807) is 4.90 Å². The van der Waals surface area contributed by atoms with Gasteiger partial charge in [0.2, 0.25) is 0 Å². The van der Waals surface area contributed by atoms with E-state index >= 15 is 0 Å². The molecule has 0 N–H and O–H groups in total. The number of halogens is 1. The maximum Gasteiger partial charge on any atom is 0.283 e. The maximum atomic E-state index is 12.8. The van der Waals surface area contributed by atoms with E-state index in [4.69, 9.17) is 11.6 Å². The Kier molecular flexibility index (Phi) is 4.97. The van der Waals surface area contributed by atoms with Gasteiger partial charge in [-0.1, -0.05) is 17.7 Å². The van der Waals surface area contributed by atoms with Gasteiger partial charge in [0.25, 0.3) is 11.6 Å². The summed E-state index contributed by atoms with van der Waals surface area (Å²) in [5.41, 5.74) is 1.69. The fourth-order valence-electron chi connectivity index (χ4n) is 3.41. The maximum absolute atomic E-state index is 12.8. The van der Waals surface area contributed by atoms with Crippen LogP contribution in [0, 0.1) is 10.1 Å². The Balaban J connectivity index is 1.41. The van der Waals surface area contributed by atoms with Crippen LogP contribution in [0.4, 0.5) is 5.69 Å². The molecule has 0 unspecified atom stereocenters. The van der Waals surface area contributed by atoms with Crippen LogP contribution in [-0.2, 0) is 6.54 Å². The molecule has 3 heterocycles. The molecule has 2 aromatic heterocycles. The molecule has 0 bridgehead atoms. The predicted molar refractivity (Wildman–Crippen MR) is 104 cm³/mol. The fraction of sp³-hybridized carbons (Fsp3) is 0.263. The van der Waals surface area contributed by atoms with Crippen LogP contribution in [-0.4, -0.2) is 56.2 Å². The number of aromatic nitrogens is 2. The van der Waals surface area contributed by atoms with Gasteiger partial charge in [-0.2, -0.15) is 0 Å². The Morgan fingerprint density at radius 1 is 1.18 bits per heavy atom. The van der Waals surface area contributed by atoms with Crippen molar-refractivity contribution in [2.45, 2.75) is 6.54 Å². The van der Waals surface area contributed by atoms with Crippen molar-refractivity contribution in [3.8, 4) is 0 Å². The topological polar surface area (TPSA) is 84.0 Å². The Morgan fingerprint density at radius 3 is 2.68 bits per heavy atom. The lowest BCUT2D eigenvalue weighted by molar-refractivity contribution is -0.385. The number of nitro benzene ring substituents is 1. The second-order valence-corrected chi connectivity index (χ2v) is 7.12. The monoisotopic (exact) mass is 399 g/mol. The van der Waals surface area contributed by atoms with Crippen LogP contribution >= 0.6 is 11.6 Å². The minimum absolute atomic E-state index is 0.0724. The van der Waals surface area contributed by atoms with Crippen LogP contribution in [0.3, 0.4) is 0 Å². The number of hydrogen-bond donors (Lipinski definition) is 0. The molecular weight excluding hydrogens is 382 g/mol. The summed E-state index contributed by atoms with van der Waals surface area (Å²) in [6.45, 7) is 3.07. The van der Waals surface area contributed by atoms with E-state index in [0.717, 1.165) is 11.3 Å². The highest BCUT2D eigenvalue weighted by Gasteiger charge is 2.28. The first kappa shape index (κ1) is 18.4. The fourth-order valence-corrected chi connectivity index (χ4v) is 3.57. The highest BCUT2D eigenvalue weighted by Crippen LogP contribution is 2.25. The first-order valence-electron chi connectivity index (χ1n) is 8.89. The molecule has 0 saturated carbocycles. The van der Waals surface area contributed by atoms with Gasteiger partial charge in [-0.05, 0) is 24.3 Å². The van der Waals surface area contributed by atoms with Gasteiger partial charge in [-0.15, -0.1) is 0 Å². The number of piperazine rings is 1. The van der Waals surface area contributed by atoms with Crippen molar-refractivity contribution in [1.29, 1.82) is 0 Å². The van der Waals surface area contributed by atoms with Crippen LogP contribution in [0.5, 0.6) is 0 Å². The first-order valence-corrected chi connectivity index (χ1v) is 9.27. The number of rotatable bonds is 4. The molecule has 1 saturated heterocycles. The highest BCUT2D eigenvalue weighted by molar-refractivity contribution is 6.31. The number of pyridine rings is 1. The van der Waals surface area contributed by atoms with Crippen LogP contribution in [0.1, 0.15) is 16.1 Å². The van der Waals surface area contributed by atoms with Crippen molar-refractivity contribution < 1.29 is 9.72 Å². The lowest BCUT2D eigenvalue weighted by Gasteiger charge is -2.34. The minimum atomic E-state index is -0.571. The number of imidazole rings is 1. The molecule has 9 heteroatoms. The molecule has 1 fully saturated rings. The molecule has 144 valence electrons. The van der Waals surface area contributed by atoms with Gasteiger partial charge >= 0.3 is 0 Å². The molecule has 1 aromatic carbocycles. The zero-order valence-corrected chi connectivity index (χ0v) is 15.7. The largest absolute Gasteiger partial charge is 0.336 e. The SMILES string of the molecule is O=C(c1ccc(Cl)cc1[N+](=O)[O-])N1CCN(Cc2cn3ccccc3n2)CC1. The van der Waals surface area contributed by atoms with E-state index in [1.807, 2.05) is 35.0 Å². The van der Waals surface area contributed by atoms with Crippen molar-refractivity contribution in [1.82, 2.24) is 19.2 Å². The van der Waals surface area contributed by atoms with Crippen LogP contribution in [0.25, 0.3) is 5.65 Å². The van der Waals surface area contributed by atoms with E-state index in [-0.39, 0.29) is 22.2 Å². The summed E-state index contributed by atoms with van der Waals surface area (Å²) in [5.74, 6) is -0.337. The number of nitrogens with zero attached hydrogens (tertiary/aromatic N) is 5. The van der Waals surface area contributed by atoms with Crippen molar-refractivity contribution in [3.05, 3.63) is 75.2 Å². The average Bonchev–Trinajstić information content (AvgIpc) is 3.10. The zero-order valence-electron chi connectivity index (χ0n) is 15.0. The normalized spacial score (nSPS) is 15.1. The Morgan fingerprint density at radius 2 is 1.96 bits per heavy atom. The Labute approximate surface area is 166 Å². The third-order valence-corrected chi connectivity index (χ3v) is 5.08. The van der Waals surface area contributed by atoms with Crippen molar-refractivity contribution in [2.75, 3.05) is 26.2 Å². The molecule has 0 radical (unpaired) electrons. The first-order chi connectivity index (χ1) is 13.5. The zero-order chi connectivity index (χ0) is 19.7. The second kappa shape index (κ2) is 7.57. The number of nitro groups is 1. The van der Waals surface area contributed by atoms with Gasteiger partial charge in [0.05, 0.1) is 10.6 Å². The van der Waals surface area contributed by atoms with Crippen LogP contribution in [0.15, 0.2) is 48.8 Å². The molecule has 4 rings (SSSR count). The molecule has 1 aliphatic rings. The summed E-state index contributed by atoms with van der Waals surface area (Å²) in [4.78, 5) is 31.9. The van der Waals surface area contributed by atoms with Gasteiger partial charge in [-0.25, -0.2) is 4.98 Å². The smallest absolute Gasteiger partial charge is 0.283 e. The van der Waals surface area contributed by atoms with Gasteiger partial charge in [-0.3, -0.25) is 19.8 Å². The molecule has 0 aliphatic carbocycles. The molecule has 1 aliphatic heterocycles. The van der Waals surface area contributed by atoms with Crippen molar-refractivity contribution in [3.63, 3.8) is 0 Å². The van der Waals surface area contributed by atoms with E-state index < -0.39 is 4.92 Å². The van der Waals surface area contributed by atoms with E-state index in [1.165, 1.54) is 18.2 Å². The molecular formula is C19H18ClN5O3. The van der Waals surface area contributed by atoms with E-state index in [2.05, 4.69) is 9.88 Å². The van der Waals surface area contributed by atoms with E-state index in [9.17, 15) is 14.9 Å². The summed E-state index contributed by atoms with van der Waals surface area (Å²) < 4.78 is 1.98. The number of carbonyl (C=O) groups is 1. The molecule has 3 aromatic rings. The number of hydrogen-bond acceptors (Lipinski definition) is 5. The number of fused-ring (bicyclic) bond motifs is 1. The van der Waals surface area contributed by atoms with Gasteiger partial charge in [0.15, 0.2) is 0 Å². The standard InChI is InChI=1S/C19H18ClN5O3/c20-14-4-5-16(17(11-14)25(27)28)19(26)23-9-7-22(8-10-23)12-15-13-24-6-2-1-3-18(24)21-15/h1-6,11,13H,7-10,12H2.